The van der Waals surface area contributed by atoms with Crippen LogP contribution in [0.4, 0.5) is 4.39 Å². The molecule has 180 valence electrons. The number of likely N-dealkylation sites (tertiary alicyclic amines) is 1. The van der Waals surface area contributed by atoms with Crippen molar-refractivity contribution >= 4 is 21.8 Å². The third-order valence-corrected chi connectivity index (χ3v) is 6.97. The molecule has 1 atom stereocenters. The average molecular weight is 496 g/mol. The van der Waals surface area contributed by atoms with E-state index in [1.54, 1.807) is 34.8 Å². The van der Waals surface area contributed by atoms with Crippen LogP contribution in [-0.4, -0.2) is 48.0 Å². The van der Waals surface area contributed by atoms with Gasteiger partial charge in [-0.3, -0.25) is 15.0 Å². The van der Waals surface area contributed by atoms with Crippen molar-refractivity contribution in [2.75, 3.05) is 13.1 Å². The van der Waals surface area contributed by atoms with Gasteiger partial charge in [-0.1, -0.05) is 12.1 Å². The second-order valence-electron chi connectivity index (χ2n) is 8.15. The minimum atomic E-state index is -4.30. The number of hydrazine groups is 1. The zero-order valence-electron chi connectivity index (χ0n) is 18.7. The van der Waals surface area contributed by atoms with Crippen LogP contribution < -0.4 is 10.3 Å². The Morgan fingerprint density at radius 2 is 2.00 bits per heavy atom. The molecule has 1 aliphatic rings. The van der Waals surface area contributed by atoms with Crippen LogP contribution in [0, 0.1) is 25.1 Å². The first-order valence-corrected chi connectivity index (χ1v) is 12.1. The van der Waals surface area contributed by atoms with Crippen LogP contribution >= 0.6 is 0 Å². The number of rotatable bonds is 6. The molecule has 9 nitrogen and oxygen atoms in total. The van der Waals surface area contributed by atoms with Crippen molar-refractivity contribution in [2.24, 2.45) is 0 Å². The first kappa shape index (κ1) is 24.1. The van der Waals surface area contributed by atoms with Gasteiger partial charge in [0.1, 0.15) is 10.7 Å². The molecule has 2 heterocycles. The summed E-state index contributed by atoms with van der Waals surface area (Å²) in [6, 6.07) is 9.80. The van der Waals surface area contributed by atoms with Gasteiger partial charge in [0, 0.05) is 30.8 Å². The molecule has 35 heavy (non-hydrogen) atoms. The van der Waals surface area contributed by atoms with Gasteiger partial charge in [0.05, 0.1) is 11.9 Å². The summed E-state index contributed by atoms with van der Waals surface area (Å²) >= 11 is 0. The van der Waals surface area contributed by atoms with Crippen molar-refractivity contribution in [3.8, 4) is 18.0 Å². The maximum Gasteiger partial charge on any atom is 0.298 e. The Bertz CT molecular complexity index is 1440. The molecule has 1 aromatic heterocycles. The van der Waals surface area contributed by atoms with Crippen LogP contribution in [0.25, 0.3) is 5.69 Å². The van der Waals surface area contributed by atoms with Crippen molar-refractivity contribution in [1.82, 2.24) is 24.9 Å². The summed E-state index contributed by atoms with van der Waals surface area (Å²) in [5.74, 6) is 0.241. The fourth-order valence-corrected chi connectivity index (χ4v) is 4.85. The lowest BCUT2D eigenvalue weighted by atomic mass is 10.0. The molecule has 0 bridgehead atoms. The number of nitrogens with one attached hydrogen (secondary N) is 2. The van der Waals surface area contributed by atoms with E-state index < -0.39 is 26.6 Å². The first-order valence-electron chi connectivity index (χ1n) is 10.7. The van der Waals surface area contributed by atoms with E-state index in [0.717, 1.165) is 29.7 Å². The second kappa shape index (κ2) is 9.69. The third kappa shape index (κ3) is 5.24. The fraction of sp³-hybridized carbons (Fsp3) is 0.208. The largest absolute Gasteiger partial charge is 0.331 e. The first-order chi connectivity index (χ1) is 16.7. The standard InChI is InChI=1S/C24H22FN5O4S/c1-3-23(31)29-9-8-17(14-29)19-13-26-30(15-19)20-11-16(2)10-18(12-20)24(32)27-28-35(33,34)22-7-5-4-6-21(22)25/h1,4-7,10-13,15,17,28H,8-9,14H2,2H3,(H,27,32). The lowest BCUT2D eigenvalue weighted by molar-refractivity contribution is -0.124. The van der Waals surface area contributed by atoms with Crippen molar-refractivity contribution in [3.63, 3.8) is 0 Å². The van der Waals surface area contributed by atoms with Gasteiger partial charge in [-0.15, -0.1) is 11.3 Å². The number of amides is 2. The van der Waals surface area contributed by atoms with Crippen molar-refractivity contribution < 1.29 is 22.4 Å². The lowest BCUT2D eigenvalue weighted by Gasteiger charge is -2.12. The molecule has 0 radical (unpaired) electrons. The second-order valence-corrected chi connectivity index (χ2v) is 9.80. The number of sulfonamides is 1. The number of aromatic nitrogens is 2. The van der Waals surface area contributed by atoms with E-state index in [2.05, 4.69) is 16.4 Å². The molecule has 0 aliphatic carbocycles. The van der Waals surface area contributed by atoms with E-state index in [-0.39, 0.29) is 17.4 Å². The normalized spacial score (nSPS) is 15.6. The van der Waals surface area contributed by atoms with Crippen LogP contribution in [0.2, 0.25) is 0 Å². The Hall–Kier alpha value is -4.01. The van der Waals surface area contributed by atoms with Crippen LogP contribution in [0.1, 0.15) is 33.8 Å². The van der Waals surface area contributed by atoms with Gasteiger partial charge in [0.15, 0.2) is 0 Å². The molecule has 2 aromatic carbocycles. The summed E-state index contributed by atoms with van der Waals surface area (Å²) in [5, 5.41) is 4.39. The predicted molar refractivity (Wildman–Crippen MR) is 125 cm³/mol. The SMILES string of the molecule is C#CC(=O)N1CCC(c2cnn(-c3cc(C)cc(C(=O)NNS(=O)(=O)c4ccccc4F)c3)c2)C1. The Balaban J connectivity index is 1.49. The minimum absolute atomic E-state index is 0.0985. The zero-order chi connectivity index (χ0) is 25.2. The van der Waals surface area contributed by atoms with Crippen molar-refractivity contribution in [1.29, 1.82) is 0 Å². The van der Waals surface area contributed by atoms with Gasteiger partial charge >= 0.3 is 0 Å². The Kier molecular flexibility index (Phi) is 6.68. The Labute approximate surface area is 202 Å². The number of carbonyl (C=O) groups is 2. The Morgan fingerprint density at radius 1 is 1.23 bits per heavy atom. The molecule has 4 rings (SSSR count). The smallest absolute Gasteiger partial charge is 0.298 e. The molecule has 0 spiro atoms. The van der Waals surface area contributed by atoms with Gasteiger partial charge in [0.25, 0.3) is 21.8 Å². The highest BCUT2D eigenvalue weighted by Crippen LogP contribution is 2.27. The minimum Gasteiger partial charge on any atom is -0.331 e. The van der Waals surface area contributed by atoms with Crippen molar-refractivity contribution in [2.45, 2.75) is 24.2 Å². The van der Waals surface area contributed by atoms with Crippen molar-refractivity contribution in [3.05, 3.63) is 77.4 Å². The number of hydrogen-bond acceptors (Lipinski definition) is 5. The van der Waals surface area contributed by atoms with E-state index in [0.29, 0.717) is 18.8 Å². The number of halogens is 1. The number of hydrogen-bond donors (Lipinski definition) is 2. The average Bonchev–Trinajstić information content (AvgIpc) is 3.52. The third-order valence-electron chi connectivity index (χ3n) is 5.69. The summed E-state index contributed by atoms with van der Waals surface area (Å²) in [7, 11) is -4.30. The van der Waals surface area contributed by atoms with Gasteiger partial charge in [0.2, 0.25) is 0 Å². The summed E-state index contributed by atoms with van der Waals surface area (Å²) in [6.45, 7) is 2.88. The summed E-state index contributed by atoms with van der Waals surface area (Å²) in [5.41, 5.74) is 4.56. The summed E-state index contributed by atoms with van der Waals surface area (Å²) in [4.78, 5) is 27.4. The zero-order valence-corrected chi connectivity index (χ0v) is 19.5. The molecule has 1 fully saturated rings. The topological polar surface area (TPSA) is 113 Å². The van der Waals surface area contributed by atoms with E-state index in [1.807, 2.05) is 17.1 Å². The monoisotopic (exact) mass is 495 g/mol. The predicted octanol–water partition coefficient (Wildman–Crippen LogP) is 1.89. The number of benzene rings is 2. The van der Waals surface area contributed by atoms with Crippen LogP contribution in [0.5, 0.6) is 0 Å². The molecule has 2 N–H and O–H groups in total. The molecule has 1 aliphatic heterocycles. The van der Waals surface area contributed by atoms with Gasteiger partial charge in [-0.25, -0.2) is 17.5 Å². The lowest BCUT2D eigenvalue weighted by Crippen LogP contribution is -2.41. The molecule has 11 heteroatoms. The van der Waals surface area contributed by atoms with Crippen LogP contribution in [-0.2, 0) is 14.8 Å². The molecule has 1 unspecified atom stereocenters. The van der Waals surface area contributed by atoms with Crippen LogP contribution in [0.15, 0.2) is 59.8 Å². The quantitative estimate of drug-likeness (QED) is 0.401. The fourth-order valence-electron chi connectivity index (χ4n) is 3.93. The van der Waals surface area contributed by atoms with Crippen LogP contribution in [0.3, 0.4) is 0 Å². The molecule has 2 amide bonds. The van der Waals surface area contributed by atoms with Gasteiger partial charge < -0.3 is 4.90 Å². The van der Waals surface area contributed by atoms with E-state index in [4.69, 9.17) is 6.42 Å². The molecule has 0 saturated carbocycles. The highest BCUT2D eigenvalue weighted by molar-refractivity contribution is 7.89. The number of aryl methyl sites for hydroxylation is 1. The van der Waals surface area contributed by atoms with E-state index >= 15 is 0 Å². The van der Waals surface area contributed by atoms with E-state index in [9.17, 15) is 22.4 Å². The molecular weight excluding hydrogens is 473 g/mol. The Morgan fingerprint density at radius 3 is 2.74 bits per heavy atom. The number of terminal acetylenes is 1. The van der Waals surface area contributed by atoms with Gasteiger partial charge in [-0.2, -0.15) is 5.10 Å². The maximum absolute atomic E-state index is 13.8. The number of carbonyl (C=O) groups excluding carboxylic acids is 2. The highest BCUT2D eigenvalue weighted by atomic mass is 32.2. The number of nitrogens with zero attached hydrogens (tertiary/aromatic N) is 3. The maximum atomic E-state index is 13.8. The summed E-state index contributed by atoms with van der Waals surface area (Å²) < 4.78 is 40.1. The van der Waals surface area contributed by atoms with Gasteiger partial charge in [-0.05, 0) is 60.7 Å². The molecular formula is C24H22FN5O4S. The highest BCUT2D eigenvalue weighted by Gasteiger charge is 2.27. The molecule has 1 saturated heterocycles. The van der Waals surface area contributed by atoms with E-state index in [1.165, 1.54) is 12.1 Å². The summed E-state index contributed by atoms with van der Waals surface area (Å²) in [6.07, 6.45) is 9.50. The molecule has 3 aromatic rings.